The van der Waals surface area contributed by atoms with Gasteiger partial charge in [0.1, 0.15) is 11.0 Å². The zero-order chi connectivity index (χ0) is 13.5. The smallest absolute Gasteiger partial charge is 0.360 e. The van der Waals surface area contributed by atoms with Crippen LogP contribution in [0, 0.1) is 0 Å². The molecule has 1 heterocycles. The van der Waals surface area contributed by atoms with E-state index in [9.17, 15) is 9.59 Å². The maximum absolute atomic E-state index is 11.6. The van der Waals surface area contributed by atoms with Gasteiger partial charge in [0.25, 0.3) is 0 Å². The van der Waals surface area contributed by atoms with Crippen LogP contribution in [0.5, 0.6) is 0 Å². The van der Waals surface area contributed by atoms with Crippen molar-refractivity contribution in [3.63, 3.8) is 0 Å². The number of carbonyl (C=O) groups is 2. The predicted molar refractivity (Wildman–Crippen MR) is 69.8 cm³/mol. The predicted octanol–water partition coefficient (Wildman–Crippen LogP) is 1.26. The second kappa shape index (κ2) is 6.95. The van der Waals surface area contributed by atoms with Crippen LogP contribution in [0.4, 0.5) is 5.00 Å². The fourth-order valence-electron chi connectivity index (χ4n) is 1.28. The van der Waals surface area contributed by atoms with Crippen LogP contribution in [-0.4, -0.2) is 36.1 Å². The fraction of sp³-hybridized carbons (Fsp3) is 0.545. The standard InChI is InChI=1S/C11H17N3O3S/c1-4-12-9(15)7(3)14-10-8(13-6-18-10)11(16)17-5-2/h6-7,14H,4-5H2,1-3H3,(H,12,15). The van der Waals surface area contributed by atoms with Crippen molar-refractivity contribution in [3.8, 4) is 0 Å². The number of hydrogen-bond donors (Lipinski definition) is 2. The molecule has 0 aromatic carbocycles. The van der Waals surface area contributed by atoms with E-state index in [4.69, 9.17) is 4.74 Å². The number of hydrogen-bond acceptors (Lipinski definition) is 6. The number of likely N-dealkylation sites (N-methyl/N-ethyl adjacent to an activating group) is 1. The molecule has 18 heavy (non-hydrogen) atoms. The van der Waals surface area contributed by atoms with Crippen LogP contribution in [-0.2, 0) is 9.53 Å². The first-order chi connectivity index (χ1) is 8.60. The minimum absolute atomic E-state index is 0.124. The topological polar surface area (TPSA) is 80.3 Å². The Labute approximate surface area is 110 Å². The molecule has 1 atom stereocenters. The molecule has 1 unspecified atom stereocenters. The van der Waals surface area contributed by atoms with E-state index in [1.165, 1.54) is 11.3 Å². The maximum atomic E-state index is 11.6. The van der Waals surface area contributed by atoms with Crippen LogP contribution in [0.3, 0.4) is 0 Å². The second-order valence-electron chi connectivity index (χ2n) is 3.51. The lowest BCUT2D eigenvalue weighted by molar-refractivity contribution is -0.121. The molecule has 0 bridgehead atoms. The lowest BCUT2D eigenvalue weighted by atomic mass is 10.3. The highest BCUT2D eigenvalue weighted by Crippen LogP contribution is 2.21. The van der Waals surface area contributed by atoms with Crippen molar-refractivity contribution in [2.24, 2.45) is 0 Å². The SMILES string of the molecule is CCNC(=O)C(C)Nc1scnc1C(=O)OCC. The summed E-state index contributed by atoms with van der Waals surface area (Å²) in [5.41, 5.74) is 1.76. The third kappa shape index (κ3) is 3.69. The Balaban J connectivity index is 2.70. The molecule has 0 aliphatic heterocycles. The number of nitrogens with zero attached hydrogens (tertiary/aromatic N) is 1. The van der Waals surface area contributed by atoms with Crippen molar-refractivity contribution < 1.29 is 14.3 Å². The van der Waals surface area contributed by atoms with Gasteiger partial charge in [-0.3, -0.25) is 4.79 Å². The number of anilines is 1. The van der Waals surface area contributed by atoms with Gasteiger partial charge in [0.15, 0.2) is 5.69 Å². The number of thiazole rings is 1. The first-order valence-electron chi connectivity index (χ1n) is 5.75. The average molecular weight is 271 g/mol. The molecule has 100 valence electrons. The van der Waals surface area contributed by atoms with E-state index in [2.05, 4.69) is 15.6 Å². The van der Waals surface area contributed by atoms with Crippen molar-refractivity contribution in [3.05, 3.63) is 11.2 Å². The Bertz CT molecular complexity index is 419. The Kier molecular flexibility index (Phi) is 5.57. The largest absolute Gasteiger partial charge is 0.461 e. The molecule has 0 saturated heterocycles. The number of nitrogens with one attached hydrogen (secondary N) is 2. The molecule has 7 heteroatoms. The summed E-state index contributed by atoms with van der Waals surface area (Å²) in [4.78, 5) is 27.1. The number of amides is 1. The third-order valence-electron chi connectivity index (χ3n) is 2.13. The lowest BCUT2D eigenvalue weighted by Crippen LogP contribution is -2.37. The van der Waals surface area contributed by atoms with Crippen LogP contribution in [0.25, 0.3) is 0 Å². The van der Waals surface area contributed by atoms with Crippen molar-refractivity contribution in [1.82, 2.24) is 10.3 Å². The summed E-state index contributed by atoms with van der Waals surface area (Å²) < 4.78 is 4.88. The van der Waals surface area contributed by atoms with Crippen molar-refractivity contribution in [1.29, 1.82) is 0 Å². The van der Waals surface area contributed by atoms with E-state index in [1.54, 1.807) is 19.4 Å². The van der Waals surface area contributed by atoms with Crippen LogP contribution < -0.4 is 10.6 Å². The summed E-state index contributed by atoms with van der Waals surface area (Å²) in [5, 5.41) is 6.20. The summed E-state index contributed by atoms with van der Waals surface area (Å²) in [5.74, 6) is -0.606. The average Bonchev–Trinajstić information content (AvgIpc) is 2.77. The van der Waals surface area contributed by atoms with Crippen LogP contribution in [0.1, 0.15) is 31.3 Å². The lowest BCUT2D eigenvalue weighted by Gasteiger charge is -2.13. The van der Waals surface area contributed by atoms with E-state index in [-0.39, 0.29) is 11.6 Å². The van der Waals surface area contributed by atoms with Crippen molar-refractivity contribution >= 4 is 28.2 Å². The zero-order valence-corrected chi connectivity index (χ0v) is 11.5. The summed E-state index contributed by atoms with van der Waals surface area (Å²) >= 11 is 1.26. The molecule has 2 N–H and O–H groups in total. The fourth-order valence-corrected chi connectivity index (χ4v) is 2.04. The monoisotopic (exact) mass is 271 g/mol. The van der Waals surface area contributed by atoms with E-state index >= 15 is 0 Å². The van der Waals surface area contributed by atoms with Crippen molar-refractivity contribution in [2.45, 2.75) is 26.8 Å². The van der Waals surface area contributed by atoms with Gasteiger partial charge in [-0.05, 0) is 20.8 Å². The number of carbonyl (C=O) groups excluding carboxylic acids is 2. The van der Waals surface area contributed by atoms with Gasteiger partial charge in [0.05, 0.1) is 12.1 Å². The van der Waals surface area contributed by atoms with Gasteiger partial charge in [-0.25, -0.2) is 9.78 Å². The van der Waals surface area contributed by atoms with Gasteiger partial charge >= 0.3 is 5.97 Å². The van der Waals surface area contributed by atoms with Gasteiger partial charge < -0.3 is 15.4 Å². The molecule has 1 aromatic rings. The van der Waals surface area contributed by atoms with E-state index in [0.717, 1.165) is 0 Å². The molecule has 0 fully saturated rings. The summed E-state index contributed by atoms with van der Waals surface area (Å²) in [7, 11) is 0. The summed E-state index contributed by atoms with van der Waals surface area (Å²) in [6, 6.07) is -0.432. The quantitative estimate of drug-likeness (QED) is 0.761. The molecule has 0 spiro atoms. The molecule has 0 saturated carbocycles. The highest BCUT2D eigenvalue weighted by atomic mass is 32.1. The molecule has 0 aliphatic rings. The molecule has 6 nitrogen and oxygen atoms in total. The minimum Gasteiger partial charge on any atom is -0.461 e. The highest BCUT2D eigenvalue weighted by molar-refractivity contribution is 7.14. The van der Waals surface area contributed by atoms with Crippen LogP contribution in [0.15, 0.2) is 5.51 Å². The number of esters is 1. The Morgan fingerprint density at radius 1 is 1.50 bits per heavy atom. The molecule has 1 amide bonds. The molecule has 1 aromatic heterocycles. The summed E-state index contributed by atoms with van der Waals surface area (Å²) in [6.07, 6.45) is 0. The van der Waals surface area contributed by atoms with E-state index in [1.807, 2.05) is 6.92 Å². The van der Waals surface area contributed by atoms with Crippen molar-refractivity contribution in [2.75, 3.05) is 18.5 Å². The third-order valence-corrected chi connectivity index (χ3v) is 2.89. The number of aromatic nitrogens is 1. The molecule has 0 aliphatic carbocycles. The highest BCUT2D eigenvalue weighted by Gasteiger charge is 2.19. The summed E-state index contributed by atoms with van der Waals surface area (Å²) in [6.45, 7) is 6.16. The Morgan fingerprint density at radius 3 is 2.83 bits per heavy atom. The maximum Gasteiger partial charge on any atom is 0.360 e. The first kappa shape index (κ1) is 14.4. The molecular formula is C11H17N3O3S. The zero-order valence-electron chi connectivity index (χ0n) is 10.6. The van der Waals surface area contributed by atoms with Gasteiger partial charge in [-0.15, -0.1) is 11.3 Å². The van der Waals surface area contributed by atoms with Gasteiger partial charge in [-0.2, -0.15) is 0 Å². The normalized spacial score (nSPS) is 11.7. The van der Waals surface area contributed by atoms with Gasteiger partial charge in [0.2, 0.25) is 5.91 Å². The van der Waals surface area contributed by atoms with E-state index < -0.39 is 12.0 Å². The van der Waals surface area contributed by atoms with E-state index in [0.29, 0.717) is 18.2 Å². The van der Waals surface area contributed by atoms with Crippen LogP contribution in [0.2, 0.25) is 0 Å². The Morgan fingerprint density at radius 2 is 2.22 bits per heavy atom. The molecular weight excluding hydrogens is 254 g/mol. The molecule has 0 radical (unpaired) electrons. The number of rotatable bonds is 6. The molecule has 1 rings (SSSR count). The number of ether oxygens (including phenoxy) is 1. The Hall–Kier alpha value is -1.63. The second-order valence-corrected chi connectivity index (χ2v) is 4.37. The first-order valence-corrected chi connectivity index (χ1v) is 6.62. The van der Waals surface area contributed by atoms with Crippen LogP contribution >= 0.6 is 11.3 Å². The van der Waals surface area contributed by atoms with Gasteiger partial charge in [-0.1, -0.05) is 0 Å². The minimum atomic E-state index is -0.482. The van der Waals surface area contributed by atoms with Gasteiger partial charge in [0, 0.05) is 6.54 Å².